The maximum atomic E-state index is 4.39. The Morgan fingerprint density at radius 2 is 1.86 bits per heavy atom. The Labute approximate surface area is 130 Å². The van der Waals surface area contributed by atoms with Crippen LogP contribution in [0.25, 0.3) is 11.0 Å². The van der Waals surface area contributed by atoms with E-state index in [0.29, 0.717) is 0 Å². The summed E-state index contributed by atoms with van der Waals surface area (Å²) in [6, 6.07) is 8.65. The van der Waals surface area contributed by atoms with Crippen molar-refractivity contribution in [2.45, 2.75) is 32.7 Å². The molecule has 0 aliphatic carbocycles. The molecule has 0 atom stereocenters. The van der Waals surface area contributed by atoms with Crippen LogP contribution in [-0.2, 0) is 13.5 Å². The summed E-state index contributed by atoms with van der Waals surface area (Å²) < 4.78 is 1.76. The highest BCUT2D eigenvalue weighted by molar-refractivity contribution is 5.86. The SMILES string of the molecule is Cc1ccc(CC(C)(C)Nc2ncnc3c2cnn3C)cc1. The Bertz CT molecular complexity index is 786. The molecular formula is C17H21N5. The second kappa shape index (κ2) is 5.40. The second-order valence-electron chi connectivity index (χ2n) is 6.40. The van der Waals surface area contributed by atoms with E-state index in [-0.39, 0.29) is 5.54 Å². The van der Waals surface area contributed by atoms with Crippen molar-refractivity contribution >= 4 is 16.9 Å². The van der Waals surface area contributed by atoms with E-state index in [1.165, 1.54) is 11.1 Å². The summed E-state index contributed by atoms with van der Waals surface area (Å²) >= 11 is 0. The van der Waals surface area contributed by atoms with Crippen LogP contribution in [0, 0.1) is 6.92 Å². The predicted octanol–water partition coefficient (Wildman–Crippen LogP) is 3.10. The smallest absolute Gasteiger partial charge is 0.163 e. The summed E-state index contributed by atoms with van der Waals surface area (Å²) in [6.07, 6.45) is 4.30. The Balaban J connectivity index is 1.84. The first-order valence-electron chi connectivity index (χ1n) is 7.41. The topological polar surface area (TPSA) is 55.6 Å². The van der Waals surface area contributed by atoms with Gasteiger partial charge >= 0.3 is 0 Å². The molecule has 0 amide bonds. The van der Waals surface area contributed by atoms with Crippen LogP contribution < -0.4 is 5.32 Å². The number of nitrogens with zero attached hydrogens (tertiary/aromatic N) is 4. The summed E-state index contributed by atoms with van der Waals surface area (Å²) in [5, 5.41) is 8.73. The Morgan fingerprint density at radius 1 is 1.14 bits per heavy atom. The van der Waals surface area contributed by atoms with Gasteiger partial charge in [0.15, 0.2) is 5.65 Å². The van der Waals surface area contributed by atoms with Gasteiger partial charge in [0.2, 0.25) is 0 Å². The number of rotatable bonds is 4. The van der Waals surface area contributed by atoms with Crippen LogP contribution in [0.1, 0.15) is 25.0 Å². The van der Waals surface area contributed by atoms with Crippen molar-refractivity contribution in [1.82, 2.24) is 19.7 Å². The van der Waals surface area contributed by atoms with E-state index in [9.17, 15) is 0 Å². The van der Waals surface area contributed by atoms with Crippen molar-refractivity contribution in [3.63, 3.8) is 0 Å². The molecule has 1 aromatic carbocycles. The van der Waals surface area contributed by atoms with E-state index >= 15 is 0 Å². The number of fused-ring (bicyclic) bond motifs is 1. The van der Waals surface area contributed by atoms with Crippen LogP contribution in [-0.4, -0.2) is 25.3 Å². The Hall–Kier alpha value is -2.43. The fourth-order valence-corrected chi connectivity index (χ4v) is 2.64. The number of benzene rings is 1. The average molecular weight is 295 g/mol. The monoisotopic (exact) mass is 295 g/mol. The molecule has 0 saturated heterocycles. The maximum Gasteiger partial charge on any atom is 0.163 e. The minimum absolute atomic E-state index is 0.119. The van der Waals surface area contributed by atoms with Crippen LogP contribution in [0.5, 0.6) is 0 Å². The molecule has 2 heterocycles. The van der Waals surface area contributed by atoms with Gasteiger partial charge in [0, 0.05) is 12.6 Å². The van der Waals surface area contributed by atoms with Crippen molar-refractivity contribution in [2.24, 2.45) is 7.05 Å². The van der Waals surface area contributed by atoms with Crippen LogP contribution in [0.15, 0.2) is 36.8 Å². The number of anilines is 1. The Kier molecular flexibility index (Phi) is 3.56. The lowest BCUT2D eigenvalue weighted by molar-refractivity contribution is 0.562. The van der Waals surface area contributed by atoms with Gasteiger partial charge in [-0.25, -0.2) is 9.97 Å². The zero-order valence-corrected chi connectivity index (χ0v) is 13.5. The first kappa shape index (κ1) is 14.5. The van der Waals surface area contributed by atoms with Crippen LogP contribution in [0.3, 0.4) is 0 Å². The summed E-state index contributed by atoms with van der Waals surface area (Å²) in [7, 11) is 1.89. The van der Waals surface area contributed by atoms with Gasteiger partial charge in [0.05, 0.1) is 11.6 Å². The number of aryl methyl sites for hydroxylation is 2. The molecule has 0 saturated carbocycles. The van der Waals surface area contributed by atoms with Gasteiger partial charge in [-0.2, -0.15) is 5.10 Å². The fourth-order valence-electron chi connectivity index (χ4n) is 2.64. The average Bonchev–Trinajstić information content (AvgIpc) is 2.84. The molecule has 3 rings (SSSR count). The third kappa shape index (κ3) is 2.93. The number of hydrogen-bond donors (Lipinski definition) is 1. The van der Waals surface area contributed by atoms with E-state index in [1.54, 1.807) is 17.2 Å². The van der Waals surface area contributed by atoms with Gasteiger partial charge in [-0.15, -0.1) is 0 Å². The van der Waals surface area contributed by atoms with Gasteiger partial charge in [0.25, 0.3) is 0 Å². The zero-order valence-electron chi connectivity index (χ0n) is 13.5. The molecular weight excluding hydrogens is 274 g/mol. The molecule has 22 heavy (non-hydrogen) atoms. The minimum Gasteiger partial charge on any atom is -0.364 e. The maximum absolute atomic E-state index is 4.39. The first-order chi connectivity index (χ1) is 10.4. The van der Waals surface area contributed by atoms with Crippen molar-refractivity contribution in [2.75, 3.05) is 5.32 Å². The number of aromatic nitrogens is 4. The molecule has 5 heteroatoms. The summed E-state index contributed by atoms with van der Waals surface area (Å²) in [5.74, 6) is 0.829. The number of hydrogen-bond acceptors (Lipinski definition) is 4. The Morgan fingerprint density at radius 3 is 2.59 bits per heavy atom. The normalized spacial score (nSPS) is 11.8. The standard InChI is InChI=1S/C17H21N5/c1-12-5-7-13(8-6-12)9-17(2,3)21-15-14-10-20-22(4)16(14)19-11-18-15/h5-8,10-11H,9H2,1-4H3,(H,18,19,21). The molecule has 1 N–H and O–H groups in total. The van der Waals surface area contributed by atoms with Crippen LogP contribution >= 0.6 is 0 Å². The lowest BCUT2D eigenvalue weighted by Crippen LogP contribution is -2.34. The van der Waals surface area contributed by atoms with Gasteiger partial charge < -0.3 is 5.32 Å². The van der Waals surface area contributed by atoms with Gasteiger partial charge in [0.1, 0.15) is 12.1 Å². The van der Waals surface area contributed by atoms with E-state index in [4.69, 9.17) is 0 Å². The third-order valence-corrected chi connectivity index (χ3v) is 3.75. The highest BCUT2D eigenvalue weighted by atomic mass is 15.3. The largest absolute Gasteiger partial charge is 0.364 e. The minimum atomic E-state index is -0.119. The summed E-state index contributed by atoms with van der Waals surface area (Å²) in [5.41, 5.74) is 3.30. The zero-order chi connectivity index (χ0) is 15.7. The van der Waals surface area contributed by atoms with Crippen LogP contribution in [0.4, 0.5) is 5.82 Å². The molecule has 5 nitrogen and oxygen atoms in total. The van der Waals surface area contributed by atoms with Crippen molar-refractivity contribution < 1.29 is 0 Å². The molecule has 0 bridgehead atoms. The first-order valence-corrected chi connectivity index (χ1v) is 7.41. The molecule has 0 radical (unpaired) electrons. The molecule has 0 aliphatic heterocycles. The summed E-state index contributed by atoms with van der Waals surface area (Å²) in [6.45, 7) is 6.46. The molecule has 0 unspecified atom stereocenters. The summed E-state index contributed by atoms with van der Waals surface area (Å²) in [4.78, 5) is 8.66. The predicted molar refractivity (Wildman–Crippen MR) is 88.9 cm³/mol. The molecule has 3 aromatic rings. The van der Waals surface area contributed by atoms with Gasteiger partial charge in [-0.3, -0.25) is 4.68 Å². The third-order valence-electron chi connectivity index (χ3n) is 3.75. The van der Waals surface area contributed by atoms with Crippen LogP contribution in [0.2, 0.25) is 0 Å². The van der Waals surface area contributed by atoms with Gasteiger partial charge in [-0.05, 0) is 32.8 Å². The second-order valence-corrected chi connectivity index (χ2v) is 6.40. The molecule has 0 spiro atoms. The van der Waals surface area contributed by atoms with E-state index in [1.807, 2.05) is 7.05 Å². The number of nitrogens with one attached hydrogen (secondary N) is 1. The molecule has 114 valence electrons. The lowest BCUT2D eigenvalue weighted by Gasteiger charge is -2.27. The fraction of sp³-hybridized carbons (Fsp3) is 0.353. The van der Waals surface area contributed by atoms with Crippen molar-refractivity contribution in [3.8, 4) is 0 Å². The highest BCUT2D eigenvalue weighted by Gasteiger charge is 2.20. The van der Waals surface area contributed by atoms with Gasteiger partial charge in [-0.1, -0.05) is 29.8 Å². The molecule has 0 aliphatic rings. The quantitative estimate of drug-likeness (QED) is 0.803. The highest BCUT2D eigenvalue weighted by Crippen LogP contribution is 2.23. The lowest BCUT2D eigenvalue weighted by atomic mass is 9.94. The molecule has 2 aromatic heterocycles. The van der Waals surface area contributed by atoms with Crippen molar-refractivity contribution in [3.05, 3.63) is 47.9 Å². The van der Waals surface area contributed by atoms with E-state index < -0.39 is 0 Å². The van der Waals surface area contributed by atoms with Crippen molar-refractivity contribution in [1.29, 1.82) is 0 Å². The molecule has 0 fully saturated rings. The van der Waals surface area contributed by atoms with E-state index in [2.05, 4.69) is 65.4 Å². The van der Waals surface area contributed by atoms with E-state index in [0.717, 1.165) is 23.3 Å².